The summed E-state index contributed by atoms with van der Waals surface area (Å²) in [4.78, 5) is 45.6. The highest BCUT2D eigenvalue weighted by molar-refractivity contribution is 5.99. The molecule has 11 heteroatoms. The third kappa shape index (κ3) is 7.39. The number of carbonyl (C=O) groups excluding carboxylic acids is 3. The summed E-state index contributed by atoms with van der Waals surface area (Å²) >= 11 is 0. The minimum atomic E-state index is -0.599. The summed E-state index contributed by atoms with van der Waals surface area (Å²) in [7, 11) is 1.80. The molecule has 0 spiro atoms. The topological polar surface area (TPSA) is 112 Å². The van der Waals surface area contributed by atoms with Gasteiger partial charge in [-0.05, 0) is 42.8 Å². The molecule has 0 unspecified atom stereocenters. The van der Waals surface area contributed by atoms with Gasteiger partial charge >= 0.3 is 6.09 Å². The van der Waals surface area contributed by atoms with Crippen LogP contribution >= 0.6 is 0 Å². The lowest BCUT2D eigenvalue weighted by Gasteiger charge is -2.37. The van der Waals surface area contributed by atoms with Crippen LogP contribution in [0.15, 0.2) is 54.6 Å². The Morgan fingerprint density at radius 2 is 1.61 bits per heavy atom. The Labute approximate surface area is 259 Å². The van der Waals surface area contributed by atoms with Crippen LogP contribution in [0.2, 0.25) is 0 Å². The highest BCUT2D eigenvalue weighted by Gasteiger charge is 2.29. The SMILES string of the molecule is Cn1nc(C(C)(C)C)cc1C(=O)N1CCN(c2ccc(C(=O)N3CCCNCC3)cc2NC(=O)OCc2ccccc2)CC1. The number of nitrogens with zero attached hydrogens (tertiary/aromatic N) is 5. The molecule has 2 N–H and O–H groups in total. The lowest BCUT2D eigenvalue weighted by molar-refractivity contribution is 0.0733. The average molecular weight is 602 g/mol. The van der Waals surface area contributed by atoms with Crippen LogP contribution in [-0.4, -0.2) is 89.8 Å². The molecule has 2 aromatic carbocycles. The van der Waals surface area contributed by atoms with Gasteiger partial charge in [-0.3, -0.25) is 19.6 Å². The number of rotatable bonds is 6. The molecule has 1 aromatic heterocycles. The average Bonchev–Trinajstić information content (AvgIpc) is 3.23. The molecule has 3 amide bonds. The number of hydrogen-bond acceptors (Lipinski definition) is 7. The smallest absolute Gasteiger partial charge is 0.412 e. The van der Waals surface area contributed by atoms with E-state index >= 15 is 0 Å². The zero-order chi connectivity index (χ0) is 31.3. The molecular weight excluding hydrogens is 558 g/mol. The maximum absolute atomic E-state index is 13.4. The van der Waals surface area contributed by atoms with Crippen molar-refractivity contribution >= 4 is 29.3 Å². The van der Waals surface area contributed by atoms with Gasteiger partial charge < -0.3 is 24.8 Å². The Morgan fingerprint density at radius 1 is 0.886 bits per heavy atom. The Balaban J connectivity index is 1.31. The van der Waals surface area contributed by atoms with Crippen LogP contribution in [0.25, 0.3) is 0 Å². The predicted molar refractivity (Wildman–Crippen MR) is 170 cm³/mol. The minimum Gasteiger partial charge on any atom is -0.444 e. The fraction of sp³-hybridized carbons (Fsp3) is 0.455. The van der Waals surface area contributed by atoms with Crippen molar-refractivity contribution < 1.29 is 19.1 Å². The first-order chi connectivity index (χ1) is 21.1. The Kier molecular flexibility index (Phi) is 9.53. The third-order valence-electron chi connectivity index (χ3n) is 8.10. The van der Waals surface area contributed by atoms with E-state index in [1.807, 2.05) is 58.3 Å². The van der Waals surface area contributed by atoms with Gasteiger partial charge in [-0.25, -0.2) is 4.79 Å². The van der Waals surface area contributed by atoms with Gasteiger partial charge in [0.05, 0.1) is 17.1 Å². The first-order valence-corrected chi connectivity index (χ1v) is 15.3. The van der Waals surface area contributed by atoms with Crippen molar-refractivity contribution in [3.63, 3.8) is 0 Å². The van der Waals surface area contributed by atoms with Crippen LogP contribution < -0.4 is 15.5 Å². The van der Waals surface area contributed by atoms with Crippen molar-refractivity contribution in [3.8, 4) is 0 Å². The van der Waals surface area contributed by atoms with Gasteiger partial charge in [0.25, 0.3) is 11.8 Å². The lowest BCUT2D eigenvalue weighted by Crippen LogP contribution is -2.49. The maximum atomic E-state index is 13.4. The fourth-order valence-corrected chi connectivity index (χ4v) is 5.49. The number of benzene rings is 2. The number of carbonyl (C=O) groups is 3. The Bertz CT molecular complexity index is 1460. The van der Waals surface area contributed by atoms with E-state index in [1.165, 1.54) is 0 Å². The number of amides is 3. The monoisotopic (exact) mass is 601 g/mol. The molecular formula is C33H43N7O4. The lowest BCUT2D eigenvalue weighted by atomic mass is 9.92. The van der Waals surface area contributed by atoms with E-state index in [4.69, 9.17) is 4.74 Å². The van der Waals surface area contributed by atoms with Crippen LogP contribution in [0, 0.1) is 0 Å². The molecule has 2 saturated heterocycles. The van der Waals surface area contributed by atoms with Crippen molar-refractivity contribution in [1.82, 2.24) is 24.9 Å². The number of aryl methyl sites for hydroxylation is 1. The largest absolute Gasteiger partial charge is 0.444 e. The van der Waals surface area contributed by atoms with Crippen LogP contribution in [-0.2, 0) is 23.8 Å². The zero-order valence-corrected chi connectivity index (χ0v) is 26.1. The van der Waals surface area contributed by atoms with Crippen LogP contribution in [0.4, 0.5) is 16.2 Å². The van der Waals surface area contributed by atoms with Crippen molar-refractivity contribution in [2.24, 2.45) is 7.05 Å². The van der Waals surface area contributed by atoms with Crippen molar-refractivity contribution in [1.29, 1.82) is 0 Å². The van der Waals surface area contributed by atoms with E-state index in [0.29, 0.717) is 56.2 Å². The summed E-state index contributed by atoms with van der Waals surface area (Å²) in [5, 5.41) is 10.8. The van der Waals surface area contributed by atoms with Gasteiger partial charge in [0.15, 0.2) is 0 Å². The van der Waals surface area contributed by atoms with Gasteiger partial charge in [0.2, 0.25) is 0 Å². The van der Waals surface area contributed by atoms with Crippen molar-refractivity contribution in [2.45, 2.75) is 39.2 Å². The quantitative estimate of drug-likeness (QED) is 0.441. The molecule has 2 fully saturated rings. The first-order valence-electron chi connectivity index (χ1n) is 15.3. The van der Waals surface area contributed by atoms with E-state index in [0.717, 1.165) is 36.5 Å². The number of piperazine rings is 1. The standard InChI is InChI=1S/C33H43N7O4/c1-33(2,3)29-22-28(37(4)36-29)31(42)40-19-17-38(18-20-40)27-12-11-25(30(41)39-15-8-13-34-14-16-39)21-26(27)35-32(43)44-23-24-9-6-5-7-10-24/h5-7,9-12,21-22,34H,8,13-20,23H2,1-4H3,(H,35,43). The van der Waals surface area contributed by atoms with Gasteiger partial charge in [0, 0.05) is 63.8 Å². The molecule has 0 aliphatic carbocycles. The highest BCUT2D eigenvalue weighted by atomic mass is 16.5. The van der Waals surface area contributed by atoms with E-state index < -0.39 is 6.09 Å². The Morgan fingerprint density at radius 3 is 2.32 bits per heavy atom. The summed E-state index contributed by atoms with van der Waals surface area (Å²) in [6.07, 6.45) is 0.290. The normalized spacial score (nSPS) is 16.0. The molecule has 2 aliphatic heterocycles. The summed E-state index contributed by atoms with van der Waals surface area (Å²) < 4.78 is 7.17. The molecule has 0 bridgehead atoms. The molecule has 44 heavy (non-hydrogen) atoms. The highest BCUT2D eigenvalue weighted by Crippen LogP contribution is 2.30. The van der Waals surface area contributed by atoms with E-state index in [9.17, 15) is 14.4 Å². The third-order valence-corrected chi connectivity index (χ3v) is 8.10. The maximum Gasteiger partial charge on any atom is 0.412 e. The van der Waals surface area contributed by atoms with Crippen LogP contribution in [0.1, 0.15) is 59.3 Å². The van der Waals surface area contributed by atoms with Crippen molar-refractivity contribution in [3.05, 3.63) is 77.1 Å². The number of hydrogen-bond donors (Lipinski definition) is 2. The van der Waals surface area contributed by atoms with E-state index in [1.54, 1.807) is 17.8 Å². The molecule has 0 radical (unpaired) electrons. The molecule has 3 aromatic rings. The molecule has 0 atom stereocenters. The number of nitrogens with one attached hydrogen (secondary N) is 2. The van der Waals surface area contributed by atoms with Crippen LogP contribution in [0.3, 0.4) is 0 Å². The molecule has 5 rings (SSSR count). The van der Waals surface area contributed by atoms with Crippen LogP contribution in [0.5, 0.6) is 0 Å². The molecule has 2 aliphatic rings. The minimum absolute atomic E-state index is 0.0501. The second-order valence-corrected chi connectivity index (χ2v) is 12.4. The van der Waals surface area contributed by atoms with Gasteiger partial charge in [-0.15, -0.1) is 0 Å². The van der Waals surface area contributed by atoms with Gasteiger partial charge in [-0.2, -0.15) is 5.10 Å². The molecule has 0 saturated carbocycles. The molecule has 3 heterocycles. The molecule has 11 nitrogen and oxygen atoms in total. The van der Waals surface area contributed by atoms with Gasteiger partial charge in [0.1, 0.15) is 12.3 Å². The van der Waals surface area contributed by atoms with Crippen molar-refractivity contribution in [2.75, 3.05) is 62.6 Å². The fourth-order valence-electron chi connectivity index (χ4n) is 5.49. The number of anilines is 2. The second kappa shape index (κ2) is 13.5. The second-order valence-electron chi connectivity index (χ2n) is 12.4. The molecule has 234 valence electrons. The summed E-state index contributed by atoms with van der Waals surface area (Å²) in [6, 6.07) is 16.8. The Hall–Kier alpha value is -4.38. The summed E-state index contributed by atoms with van der Waals surface area (Å²) in [6.45, 7) is 11.5. The van der Waals surface area contributed by atoms with Gasteiger partial charge in [-0.1, -0.05) is 51.1 Å². The number of ether oxygens (including phenoxy) is 1. The predicted octanol–water partition coefficient (Wildman–Crippen LogP) is 3.86. The summed E-state index contributed by atoms with van der Waals surface area (Å²) in [5.41, 5.74) is 3.96. The first kappa shape index (κ1) is 31.1. The zero-order valence-electron chi connectivity index (χ0n) is 26.1. The van der Waals surface area contributed by atoms with E-state index in [-0.39, 0.29) is 23.8 Å². The van der Waals surface area contributed by atoms with E-state index in [2.05, 4.69) is 41.4 Å². The number of aromatic nitrogens is 2. The summed E-state index contributed by atoms with van der Waals surface area (Å²) in [5.74, 6) is -0.118.